The van der Waals surface area contributed by atoms with Crippen molar-refractivity contribution in [2.75, 3.05) is 0 Å². The maximum absolute atomic E-state index is 13.9. The number of benzene rings is 16. The fourth-order valence-corrected chi connectivity index (χ4v) is 20.7. The zero-order valence-electron chi connectivity index (χ0n) is 70.5. The molecule has 28 rings (SSSR count). The van der Waals surface area contributed by atoms with Crippen LogP contribution >= 0.6 is 0 Å². The summed E-state index contributed by atoms with van der Waals surface area (Å²) in [4.78, 5) is 72.0. The molecular weight excluding hydrogens is 1620 g/mol. The predicted molar refractivity (Wildman–Crippen MR) is 530 cm³/mol. The first-order valence-corrected chi connectivity index (χ1v) is 43.7. The van der Waals surface area contributed by atoms with Gasteiger partial charge in [0.1, 0.15) is 16.6 Å². The standard InChI is InChI=1S/C41H25N5O.C38H26N4O.C35H20N4O2/c47-40-33-20-8-7-19-30(33)37-36(45(40)27-15-5-2-6-16-27)25-42-41(43-37)46-35-22-12-10-18-29(35)32-24-23-31-28-17-9-11-21-34(28)44(38(31)39(32)46)26-13-3-1-4-14-26;1-38(2)30-17-9-6-14-24(30)27-20-28-25-15-7-10-18-32(25)42(34(28)21-31(27)38)37-39-22-29-35(40-37)26-16-8-11-19-33(26)41(36(29)43)23-12-4-3-5-13-23;40-34-27-20-36-35(37-31(27)26-14-5-8-16-29(26)38(34)21-10-2-1-3-11-21)39-28-15-7-4-12-22(28)24-18-19-25-23-13-6-9-17-30(23)41-33(25)32(24)39/h1-25H;3-22H,1-2H3;1-20H. The third kappa shape index (κ3) is 11.1. The molecule has 0 saturated heterocycles. The van der Waals surface area contributed by atoms with E-state index in [1.165, 1.54) is 27.6 Å². The summed E-state index contributed by atoms with van der Waals surface area (Å²) in [5.74, 6) is 1.58. The highest BCUT2D eigenvalue weighted by Crippen LogP contribution is 2.52. The van der Waals surface area contributed by atoms with E-state index in [0.29, 0.717) is 50.6 Å². The molecule has 0 saturated carbocycles. The van der Waals surface area contributed by atoms with Crippen molar-refractivity contribution in [3.8, 4) is 51.7 Å². The first-order valence-electron chi connectivity index (χ1n) is 43.7. The van der Waals surface area contributed by atoms with Crippen LogP contribution in [0.1, 0.15) is 25.0 Å². The summed E-state index contributed by atoms with van der Waals surface area (Å²) in [5.41, 5.74) is 22.3. The van der Waals surface area contributed by atoms with Crippen LogP contribution in [0.4, 0.5) is 0 Å². The minimum absolute atomic E-state index is 0.0957. The smallest absolute Gasteiger partial charge is 0.266 e. The quantitative estimate of drug-likeness (QED) is 0.140. The molecule has 27 aromatic rings. The molecule has 0 amide bonds. The number of rotatable bonds is 7. The van der Waals surface area contributed by atoms with Gasteiger partial charge in [0.2, 0.25) is 17.8 Å². The molecule has 0 radical (unpaired) electrons. The SMILES string of the molecule is CC1(C)c2ccccc2-c2cc3c4ccccc4n(-c4ncc5c(=O)n(-c6ccccc6)c6ccccc6c5n4)c3cc21.O=c1c2ccccc2c2nc(-n3c4ccccc4c4ccc5c6ccccc6n(-c6ccccc6)c5c43)ncc2n1-c1ccccc1.O=c1c2cnc(-n3c4ccccc4c4ccc5c6ccccc6oc5c43)nc2c2ccccc2n1-c1ccccc1. The molecule has 0 fully saturated rings. The second-order valence-corrected chi connectivity index (χ2v) is 33.9. The van der Waals surface area contributed by atoms with Gasteiger partial charge in [-0.1, -0.05) is 275 Å². The zero-order chi connectivity index (χ0) is 87.0. The second kappa shape index (κ2) is 28.9. The van der Waals surface area contributed by atoms with Gasteiger partial charge in [-0.05, 0) is 138 Å². The predicted octanol–water partition coefficient (Wildman–Crippen LogP) is 25.4. The lowest BCUT2D eigenvalue weighted by Crippen LogP contribution is -2.20. The molecule has 16 aromatic carbocycles. The van der Waals surface area contributed by atoms with E-state index in [2.05, 4.69) is 208 Å². The van der Waals surface area contributed by atoms with Gasteiger partial charge >= 0.3 is 0 Å². The van der Waals surface area contributed by atoms with E-state index < -0.39 is 0 Å². The molecule has 0 bridgehead atoms. The number of furan rings is 1. The molecule has 0 spiro atoms. The highest BCUT2D eigenvalue weighted by Gasteiger charge is 2.37. The van der Waals surface area contributed by atoms with Gasteiger partial charge in [0.15, 0.2) is 5.58 Å². The van der Waals surface area contributed by atoms with Crippen molar-refractivity contribution in [2.24, 2.45) is 0 Å². The Bertz CT molecular complexity index is 9750. The Balaban J connectivity index is 0.000000103. The topological polar surface area (TPSA) is 176 Å². The van der Waals surface area contributed by atoms with Gasteiger partial charge in [0.05, 0.1) is 83.2 Å². The lowest BCUT2D eigenvalue weighted by molar-refractivity contribution is 0.661. The minimum Gasteiger partial charge on any atom is -0.454 e. The van der Waals surface area contributed by atoms with Crippen molar-refractivity contribution < 1.29 is 4.42 Å². The normalized spacial score (nSPS) is 12.5. The summed E-state index contributed by atoms with van der Waals surface area (Å²) in [6, 6.07) is 127. The maximum atomic E-state index is 13.9. The van der Waals surface area contributed by atoms with Gasteiger partial charge in [-0.25, -0.2) is 29.9 Å². The molecule has 0 unspecified atom stereocenters. The third-order valence-corrected chi connectivity index (χ3v) is 26.5. The molecule has 17 nitrogen and oxygen atoms in total. The Morgan fingerprint density at radius 3 is 1.11 bits per heavy atom. The van der Waals surface area contributed by atoms with E-state index >= 15 is 0 Å². The molecule has 0 aliphatic heterocycles. The molecule has 11 heterocycles. The van der Waals surface area contributed by atoms with Gasteiger partial charge in [0, 0.05) is 116 Å². The van der Waals surface area contributed by atoms with Crippen molar-refractivity contribution in [1.82, 2.24) is 61.9 Å². The number of nitrogens with zero attached hydrogens (tertiary/aromatic N) is 13. The average Bonchev–Trinajstić information content (AvgIpc) is 1.57. The molecule has 616 valence electrons. The van der Waals surface area contributed by atoms with E-state index in [-0.39, 0.29) is 22.1 Å². The van der Waals surface area contributed by atoms with Crippen molar-refractivity contribution in [2.45, 2.75) is 19.3 Å². The molecule has 0 N–H and O–H groups in total. The molecule has 0 atom stereocenters. The van der Waals surface area contributed by atoms with E-state index in [4.69, 9.17) is 34.3 Å². The lowest BCUT2D eigenvalue weighted by atomic mass is 9.82. The van der Waals surface area contributed by atoms with Crippen LogP contribution < -0.4 is 16.7 Å². The number of hydrogen-bond acceptors (Lipinski definition) is 10. The highest BCUT2D eigenvalue weighted by molar-refractivity contribution is 6.25. The lowest BCUT2D eigenvalue weighted by Gasteiger charge is -2.21. The molecule has 1 aliphatic rings. The van der Waals surface area contributed by atoms with Crippen LogP contribution in [-0.4, -0.2) is 61.9 Å². The maximum Gasteiger partial charge on any atom is 0.266 e. The van der Waals surface area contributed by atoms with Crippen molar-refractivity contribution >= 4 is 175 Å². The summed E-state index contributed by atoms with van der Waals surface area (Å²) >= 11 is 0. The van der Waals surface area contributed by atoms with Crippen LogP contribution in [0, 0.1) is 0 Å². The van der Waals surface area contributed by atoms with Gasteiger partial charge in [-0.15, -0.1) is 0 Å². The summed E-state index contributed by atoms with van der Waals surface area (Å²) in [6.45, 7) is 4.60. The number of hydrogen-bond donors (Lipinski definition) is 0. The van der Waals surface area contributed by atoms with Crippen LogP contribution in [-0.2, 0) is 5.41 Å². The van der Waals surface area contributed by atoms with Crippen molar-refractivity contribution in [1.29, 1.82) is 0 Å². The minimum atomic E-state index is -0.154. The van der Waals surface area contributed by atoms with E-state index in [1.807, 2.05) is 200 Å². The first-order chi connectivity index (χ1) is 64.6. The summed E-state index contributed by atoms with van der Waals surface area (Å²) in [7, 11) is 0. The first kappa shape index (κ1) is 74.6. The number of para-hydroxylation sites is 11. The van der Waals surface area contributed by atoms with Gasteiger partial charge in [0.25, 0.3) is 16.7 Å². The van der Waals surface area contributed by atoms with E-state index in [1.54, 1.807) is 32.3 Å². The van der Waals surface area contributed by atoms with Crippen LogP contribution in [0.5, 0.6) is 0 Å². The fourth-order valence-electron chi connectivity index (χ4n) is 20.7. The van der Waals surface area contributed by atoms with Crippen LogP contribution in [0.3, 0.4) is 0 Å². The van der Waals surface area contributed by atoms with E-state index in [9.17, 15) is 14.4 Å². The van der Waals surface area contributed by atoms with Crippen molar-refractivity contribution in [3.05, 3.63) is 437 Å². The fraction of sp³-hybridized carbons (Fsp3) is 0.0263. The average molecular weight is 1690 g/mol. The van der Waals surface area contributed by atoms with Crippen LogP contribution in [0.15, 0.2) is 414 Å². The Morgan fingerprint density at radius 2 is 0.580 bits per heavy atom. The van der Waals surface area contributed by atoms with Gasteiger partial charge in [-0.2, -0.15) is 0 Å². The summed E-state index contributed by atoms with van der Waals surface area (Å²) in [5, 5.41) is 15.3. The monoisotopic (exact) mass is 1690 g/mol. The molecule has 131 heavy (non-hydrogen) atoms. The highest BCUT2D eigenvalue weighted by atomic mass is 16.3. The van der Waals surface area contributed by atoms with Gasteiger partial charge in [-0.3, -0.25) is 41.8 Å². The Kier molecular flexibility index (Phi) is 16.4. The van der Waals surface area contributed by atoms with Crippen LogP contribution in [0.25, 0.3) is 226 Å². The number of fused-ring (bicyclic) bond motifs is 29. The van der Waals surface area contributed by atoms with Crippen LogP contribution in [0.2, 0.25) is 0 Å². The largest absolute Gasteiger partial charge is 0.454 e. The Hall–Kier alpha value is -17.8. The van der Waals surface area contributed by atoms with Gasteiger partial charge < -0.3 is 8.98 Å². The third-order valence-electron chi connectivity index (χ3n) is 26.5. The molecular formula is C114H71N13O4. The molecule has 17 heteroatoms. The summed E-state index contributed by atoms with van der Waals surface area (Å²) < 4.78 is 20.4. The van der Waals surface area contributed by atoms with Crippen molar-refractivity contribution in [3.63, 3.8) is 0 Å². The van der Waals surface area contributed by atoms with E-state index in [0.717, 1.165) is 159 Å². The summed E-state index contributed by atoms with van der Waals surface area (Å²) in [6.07, 6.45) is 5.15. The number of pyridine rings is 3. The zero-order valence-corrected chi connectivity index (χ0v) is 70.5. The molecule has 1 aliphatic carbocycles. The molecule has 11 aromatic heterocycles. The Morgan fingerprint density at radius 1 is 0.229 bits per heavy atom. The number of aromatic nitrogens is 13. The Labute approximate surface area is 744 Å². The second-order valence-electron chi connectivity index (χ2n) is 33.9.